The molecule has 0 amide bonds. The lowest BCUT2D eigenvalue weighted by Gasteiger charge is -2.17. The first-order valence-electron chi connectivity index (χ1n) is 2.91. The second-order valence-corrected chi connectivity index (χ2v) is 2.97. The highest BCUT2D eigenvalue weighted by Crippen LogP contribution is 2.16. The van der Waals surface area contributed by atoms with Crippen LogP contribution >= 0.6 is 7.83 Å². The monoisotopic (exact) mass is 197 g/mol. The molecule has 12 heavy (non-hydrogen) atoms. The highest BCUT2D eigenvalue weighted by atomic mass is 31.1. The van der Waals surface area contributed by atoms with Crippen LogP contribution in [0.15, 0.2) is 0 Å². The van der Waals surface area contributed by atoms with Crippen LogP contribution in [0, 0.1) is 0 Å². The molecule has 0 rings (SSSR count). The van der Waals surface area contributed by atoms with E-state index in [9.17, 15) is 13.9 Å². The van der Waals surface area contributed by atoms with Gasteiger partial charge in [0.1, 0.15) is 0 Å². The van der Waals surface area contributed by atoms with Crippen molar-refractivity contribution in [3.05, 3.63) is 0 Å². The summed E-state index contributed by atoms with van der Waals surface area (Å²) in [6, 6.07) is -1.86. The van der Waals surface area contributed by atoms with E-state index in [1.165, 1.54) is 0 Å². The van der Waals surface area contributed by atoms with Crippen molar-refractivity contribution in [2.45, 2.75) is 19.1 Å². The maximum Gasteiger partial charge on any atom is 0.423 e. The van der Waals surface area contributed by atoms with Crippen LogP contribution in [0.3, 0.4) is 0 Å². The Hall–Kier alpha value is -0.750. The third-order valence-corrected chi connectivity index (χ3v) is 1.71. The zero-order valence-electron chi connectivity index (χ0n) is 6.12. The molecule has 0 aliphatic heterocycles. The average Bonchev–Trinajstić information content (AvgIpc) is 1.85. The van der Waals surface area contributed by atoms with Crippen LogP contribution in [0.25, 0.3) is 0 Å². The van der Waals surface area contributed by atoms with Gasteiger partial charge in [-0.25, -0.2) is 9.13 Å². The molecule has 0 heterocycles. The number of nitrogens with zero attached hydrogens (tertiary/aromatic N) is 1. The average molecular weight is 197 g/mol. The van der Waals surface area contributed by atoms with Gasteiger partial charge in [0.15, 0.2) is 6.04 Å². The van der Waals surface area contributed by atoms with Crippen molar-refractivity contribution in [3.63, 3.8) is 0 Å². The van der Waals surface area contributed by atoms with Gasteiger partial charge in [0.05, 0.1) is 6.10 Å². The number of hydrogen-bond donors (Lipinski definition) is 3. The summed E-state index contributed by atoms with van der Waals surface area (Å²) in [5.41, 5.74) is 0. The standard InChI is InChI=1S/C4H8NO6P/c1-2(6)3(4(7)8)5(9)12(10)11/h2-3,6,9H,1H3,(H,7,8)/t2-,3+/m1/s1. The molecular weight excluding hydrogens is 189 g/mol. The minimum absolute atomic E-state index is 0.414. The van der Waals surface area contributed by atoms with Crippen molar-refractivity contribution in [2.75, 3.05) is 0 Å². The minimum Gasteiger partial charge on any atom is -0.480 e. The molecule has 0 bridgehead atoms. The fourth-order valence-corrected chi connectivity index (χ4v) is 1.09. The van der Waals surface area contributed by atoms with Gasteiger partial charge >= 0.3 is 13.8 Å². The summed E-state index contributed by atoms with van der Waals surface area (Å²) < 4.78 is 20.2. The number of hydrogen-bond acceptors (Lipinski definition) is 5. The van der Waals surface area contributed by atoms with E-state index in [2.05, 4.69) is 0 Å². The van der Waals surface area contributed by atoms with Gasteiger partial charge in [0.25, 0.3) is 0 Å². The lowest BCUT2D eigenvalue weighted by Crippen LogP contribution is -2.42. The van der Waals surface area contributed by atoms with E-state index < -0.39 is 30.8 Å². The van der Waals surface area contributed by atoms with Crippen LogP contribution in [-0.2, 0) is 13.9 Å². The smallest absolute Gasteiger partial charge is 0.423 e. The van der Waals surface area contributed by atoms with Gasteiger partial charge in [-0.3, -0.25) is 4.79 Å². The van der Waals surface area contributed by atoms with Crippen molar-refractivity contribution >= 4 is 13.8 Å². The number of carboxylic acid groups (broad SMARTS) is 1. The molecule has 70 valence electrons. The Kier molecular flexibility index (Phi) is 4.05. The van der Waals surface area contributed by atoms with E-state index in [1.807, 2.05) is 0 Å². The Labute approximate surface area is 68.1 Å². The lowest BCUT2D eigenvalue weighted by molar-refractivity contribution is -0.158. The van der Waals surface area contributed by atoms with Crippen LogP contribution in [0.1, 0.15) is 6.92 Å². The molecule has 0 aliphatic rings. The molecule has 0 aromatic carbocycles. The van der Waals surface area contributed by atoms with Gasteiger partial charge in [-0.05, 0) is 6.92 Å². The second-order valence-electron chi connectivity index (χ2n) is 2.08. The summed E-state index contributed by atoms with van der Waals surface area (Å²) >= 11 is 0. The Bertz CT molecular complexity index is 228. The molecule has 0 saturated heterocycles. The third kappa shape index (κ3) is 2.71. The summed E-state index contributed by atoms with van der Waals surface area (Å²) in [5, 5.41) is 25.7. The van der Waals surface area contributed by atoms with Gasteiger partial charge in [-0.1, -0.05) is 4.83 Å². The van der Waals surface area contributed by atoms with Gasteiger partial charge < -0.3 is 15.4 Å². The normalized spacial score (nSPS) is 15.7. The highest BCUT2D eigenvalue weighted by Gasteiger charge is 2.32. The SMILES string of the molecule is C[C@@H](O)[C@@H](C(=O)O)N(O)P(=O)=O. The van der Waals surface area contributed by atoms with Crippen LogP contribution < -0.4 is 0 Å². The first-order valence-corrected chi connectivity index (χ1v) is 4.04. The molecule has 3 N–H and O–H groups in total. The van der Waals surface area contributed by atoms with E-state index in [4.69, 9.17) is 15.4 Å². The fourth-order valence-electron chi connectivity index (χ4n) is 0.600. The fraction of sp³-hybridized carbons (Fsp3) is 0.750. The Morgan fingerprint density at radius 3 is 2.00 bits per heavy atom. The van der Waals surface area contributed by atoms with Crippen molar-refractivity contribution in [2.24, 2.45) is 0 Å². The quantitative estimate of drug-likeness (QED) is 0.414. The largest absolute Gasteiger partial charge is 0.480 e. The van der Waals surface area contributed by atoms with E-state index in [0.29, 0.717) is 0 Å². The molecule has 0 aliphatic carbocycles. The molecular formula is C4H8NO6P. The zero-order valence-corrected chi connectivity index (χ0v) is 7.01. The number of carbonyl (C=O) groups is 1. The van der Waals surface area contributed by atoms with Gasteiger partial charge in [-0.2, -0.15) is 0 Å². The zero-order chi connectivity index (χ0) is 9.89. The van der Waals surface area contributed by atoms with Crippen LogP contribution in [0.4, 0.5) is 0 Å². The van der Waals surface area contributed by atoms with Crippen LogP contribution in [0.5, 0.6) is 0 Å². The van der Waals surface area contributed by atoms with E-state index in [1.54, 1.807) is 0 Å². The maximum absolute atomic E-state index is 10.3. The van der Waals surface area contributed by atoms with Gasteiger partial charge in [-0.15, -0.1) is 0 Å². The van der Waals surface area contributed by atoms with Crippen LogP contribution in [0.2, 0.25) is 0 Å². The molecule has 0 spiro atoms. The third-order valence-electron chi connectivity index (χ3n) is 1.13. The van der Waals surface area contributed by atoms with E-state index in [-0.39, 0.29) is 0 Å². The topological polar surface area (TPSA) is 115 Å². The first kappa shape index (κ1) is 11.2. The number of aliphatic hydroxyl groups is 1. The Balaban J connectivity index is 4.63. The number of hydroxylamine groups is 1. The first-order chi connectivity index (χ1) is 5.37. The predicted octanol–water partition coefficient (Wildman–Crippen LogP) is -0.401. The molecule has 0 unspecified atom stereocenters. The summed E-state index contributed by atoms with van der Waals surface area (Å²) in [5.74, 6) is -1.62. The predicted molar refractivity (Wildman–Crippen MR) is 35.0 cm³/mol. The van der Waals surface area contributed by atoms with Gasteiger partial charge in [0, 0.05) is 0 Å². The second kappa shape index (κ2) is 4.32. The van der Waals surface area contributed by atoms with Crippen LogP contribution in [-0.4, -0.2) is 38.4 Å². The molecule has 2 atom stereocenters. The van der Waals surface area contributed by atoms with Crippen molar-refractivity contribution < 1.29 is 29.3 Å². The lowest BCUT2D eigenvalue weighted by atomic mass is 10.2. The molecule has 8 heteroatoms. The number of aliphatic carboxylic acids is 1. The Morgan fingerprint density at radius 1 is 1.50 bits per heavy atom. The summed E-state index contributed by atoms with van der Waals surface area (Å²) in [6.07, 6.45) is -1.49. The number of rotatable bonds is 4. The van der Waals surface area contributed by atoms with Crippen molar-refractivity contribution in [1.29, 1.82) is 0 Å². The van der Waals surface area contributed by atoms with E-state index in [0.717, 1.165) is 6.92 Å². The summed E-state index contributed by atoms with van der Waals surface area (Å²) in [6.45, 7) is 1.06. The summed E-state index contributed by atoms with van der Waals surface area (Å²) in [7, 11) is -3.42. The maximum atomic E-state index is 10.3. The molecule has 0 aromatic rings. The van der Waals surface area contributed by atoms with Crippen molar-refractivity contribution in [3.8, 4) is 0 Å². The minimum atomic E-state index is -3.42. The molecule has 0 fully saturated rings. The molecule has 0 saturated carbocycles. The Morgan fingerprint density at radius 2 is 1.92 bits per heavy atom. The molecule has 7 nitrogen and oxygen atoms in total. The summed E-state index contributed by atoms with van der Waals surface area (Å²) in [4.78, 5) is 9.84. The number of carboxylic acids is 1. The molecule has 0 radical (unpaired) electrons. The van der Waals surface area contributed by atoms with E-state index >= 15 is 0 Å². The molecule has 0 aromatic heterocycles. The van der Waals surface area contributed by atoms with Crippen molar-refractivity contribution in [1.82, 2.24) is 4.83 Å². The number of aliphatic hydroxyl groups excluding tert-OH is 1. The van der Waals surface area contributed by atoms with Gasteiger partial charge in [0.2, 0.25) is 0 Å². The highest BCUT2D eigenvalue weighted by molar-refractivity contribution is 7.27.